The predicted molar refractivity (Wildman–Crippen MR) is 65.1 cm³/mol. The first-order valence-electron chi connectivity index (χ1n) is 5.53. The Bertz CT molecular complexity index is 352. The topological polar surface area (TPSA) is 28.2 Å². The van der Waals surface area contributed by atoms with E-state index in [9.17, 15) is 8.78 Å². The zero-order chi connectivity index (χ0) is 12.3. The minimum Gasteiger partial charge on any atom is -0.314 e. The summed E-state index contributed by atoms with van der Waals surface area (Å²) in [4.78, 5) is 5.88. The number of pyridine rings is 1. The molecular formula is C11H14BrF2N3. The molecule has 0 saturated carbocycles. The van der Waals surface area contributed by atoms with Crippen LogP contribution in [0.5, 0.6) is 0 Å². The van der Waals surface area contributed by atoms with Crippen molar-refractivity contribution in [1.82, 2.24) is 15.2 Å². The highest BCUT2D eigenvalue weighted by molar-refractivity contribution is 9.10. The van der Waals surface area contributed by atoms with Crippen LogP contribution in [0.2, 0.25) is 0 Å². The summed E-state index contributed by atoms with van der Waals surface area (Å²) in [6.45, 7) is 2.76. The molecule has 1 aliphatic heterocycles. The summed E-state index contributed by atoms with van der Waals surface area (Å²) in [7, 11) is 0. The molecule has 1 aromatic heterocycles. The van der Waals surface area contributed by atoms with Crippen LogP contribution in [0.1, 0.15) is 11.7 Å². The molecule has 2 heterocycles. The normalized spacial score (nSPS) is 19.5. The molecule has 3 nitrogen and oxygen atoms in total. The van der Waals surface area contributed by atoms with E-state index in [2.05, 4.69) is 26.2 Å². The molecule has 0 aromatic carbocycles. The van der Waals surface area contributed by atoms with Crippen LogP contribution in [-0.2, 0) is 0 Å². The second kappa shape index (κ2) is 5.84. The Morgan fingerprint density at radius 2 is 2.00 bits per heavy atom. The summed E-state index contributed by atoms with van der Waals surface area (Å²) in [5.74, 6) is 0. The quantitative estimate of drug-likeness (QED) is 0.926. The van der Waals surface area contributed by atoms with Crippen molar-refractivity contribution >= 4 is 15.9 Å². The Morgan fingerprint density at radius 1 is 1.29 bits per heavy atom. The Hall–Kier alpha value is -0.590. The molecule has 6 heteroatoms. The Morgan fingerprint density at radius 3 is 2.53 bits per heavy atom. The van der Waals surface area contributed by atoms with Gasteiger partial charge in [0.2, 0.25) is 0 Å². The van der Waals surface area contributed by atoms with Gasteiger partial charge in [-0.15, -0.1) is 0 Å². The van der Waals surface area contributed by atoms with Gasteiger partial charge in [-0.1, -0.05) is 0 Å². The van der Waals surface area contributed by atoms with Crippen LogP contribution in [0.25, 0.3) is 0 Å². The Labute approximate surface area is 107 Å². The first-order chi connectivity index (χ1) is 8.18. The molecule has 0 amide bonds. The lowest BCUT2D eigenvalue weighted by atomic mass is 10.1. The highest BCUT2D eigenvalue weighted by atomic mass is 79.9. The van der Waals surface area contributed by atoms with Crippen molar-refractivity contribution in [2.45, 2.75) is 12.5 Å². The summed E-state index contributed by atoms with van der Waals surface area (Å²) in [6, 6.07) is 2.51. The highest BCUT2D eigenvalue weighted by Gasteiger charge is 2.30. The number of halogens is 3. The van der Waals surface area contributed by atoms with Crippen molar-refractivity contribution in [3.8, 4) is 0 Å². The van der Waals surface area contributed by atoms with E-state index in [0.29, 0.717) is 18.8 Å². The van der Waals surface area contributed by atoms with Gasteiger partial charge in [0.1, 0.15) is 6.04 Å². The van der Waals surface area contributed by atoms with Gasteiger partial charge in [0.25, 0.3) is 6.43 Å². The largest absolute Gasteiger partial charge is 0.314 e. The van der Waals surface area contributed by atoms with Crippen molar-refractivity contribution in [3.63, 3.8) is 0 Å². The molecule has 1 atom stereocenters. The average molecular weight is 306 g/mol. The predicted octanol–water partition coefficient (Wildman–Crippen LogP) is 2.06. The third-order valence-corrected chi connectivity index (χ3v) is 3.31. The van der Waals surface area contributed by atoms with Gasteiger partial charge in [-0.2, -0.15) is 0 Å². The molecule has 0 radical (unpaired) electrons. The van der Waals surface area contributed by atoms with Crippen LogP contribution in [0, 0.1) is 0 Å². The van der Waals surface area contributed by atoms with Crippen LogP contribution >= 0.6 is 15.9 Å². The summed E-state index contributed by atoms with van der Waals surface area (Å²) in [6.07, 6.45) is -0.853. The Balaban J connectivity index is 2.18. The van der Waals surface area contributed by atoms with Gasteiger partial charge in [0.05, 0.1) is 5.69 Å². The summed E-state index contributed by atoms with van der Waals surface area (Å²) >= 11 is 3.25. The summed E-state index contributed by atoms with van der Waals surface area (Å²) in [5.41, 5.74) is 0.435. The fraction of sp³-hybridized carbons (Fsp3) is 0.545. The molecular weight excluding hydrogens is 292 g/mol. The monoisotopic (exact) mass is 305 g/mol. The maximum Gasteiger partial charge on any atom is 0.259 e. The molecule has 1 saturated heterocycles. The van der Waals surface area contributed by atoms with E-state index in [-0.39, 0.29) is 0 Å². The van der Waals surface area contributed by atoms with Gasteiger partial charge in [0, 0.05) is 36.8 Å². The number of rotatable bonds is 3. The van der Waals surface area contributed by atoms with Crippen molar-refractivity contribution in [1.29, 1.82) is 0 Å². The molecule has 2 rings (SSSR count). The molecule has 0 spiro atoms. The Kier molecular flexibility index (Phi) is 4.42. The van der Waals surface area contributed by atoms with Crippen LogP contribution in [0.15, 0.2) is 22.8 Å². The fourth-order valence-corrected chi connectivity index (χ4v) is 2.23. The molecule has 1 aliphatic rings. The standard InChI is InChI=1S/C11H14BrF2N3/c12-8-1-2-9(16-7-8)10(11(13)14)17-5-3-15-4-6-17/h1-2,7,10-11,15H,3-6H2/t10-/m0/s1. The summed E-state index contributed by atoms with van der Waals surface area (Å²) in [5, 5.41) is 3.15. The van der Waals surface area contributed by atoms with Crippen molar-refractivity contribution in [3.05, 3.63) is 28.5 Å². The highest BCUT2D eigenvalue weighted by Crippen LogP contribution is 2.26. The van der Waals surface area contributed by atoms with E-state index in [4.69, 9.17) is 0 Å². The SMILES string of the molecule is FC(F)[C@H](c1ccc(Br)cn1)N1CCNCC1. The molecule has 0 unspecified atom stereocenters. The van der Waals surface area contributed by atoms with Crippen LogP contribution in [0.4, 0.5) is 8.78 Å². The second-order valence-corrected chi connectivity index (χ2v) is 4.88. The lowest BCUT2D eigenvalue weighted by Gasteiger charge is -2.33. The lowest BCUT2D eigenvalue weighted by Crippen LogP contribution is -2.47. The third kappa shape index (κ3) is 3.20. The molecule has 1 N–H and O–H groups in total. The second-order valence-electron chi connectivity index (χ2n) is 3.97. The lowest BCUT2D eigenvalue weighted by molar-refractivity contribution is 0.0160. The van der Waals surface area contributed by atoms with Gasteiger partial charge < -0.3 is 5.32 Å². The van der Waals surface area contributed by atoms with Gasteiger partial charge in [-0.25, -0.2) is 8.78 Å². The number of alkyl halides is 2. The van der Waals surface area contributed by atoms with E-state index in [1.165, 1.54) is 0 Å². The number of hydrogen-bond donors (Lipinski definition) is 1. The first kappa shape index (κ1) is 12.9. The number of hydrogen-bond acceptors (Lipinski definition) is 3. The fourth-order valence-electron chi connectivity index (χ4n) is 2.00. The molecule has 1 fully saturated rings. The van der Waals surface area contributed by atoms with E-state index >= 15 is 0 Å². The van der Waals surface area contributed by atoms with Crippen LogP contribution in [0.3, 0.4) is 0 Å². The van der Waals surface area contributed by atoms with Gasteiger partial charge >= 0.3 is 0 Å². The maximum atomic E-state index is 13.2. The van der Waals surface area contributed by atoms with Crippen molar-refractivity contribution in [2.24, 2.45) is 0 Å². The van der Waals surface area contributed by atoms with Crippen LogP contribution < -0.4 is 5.32 Å². The van der Waals surface area contributed by atoms with Gasteiger partial charge in [0.15, 0.2) is 0 Å². The van der Waals surface area contributed by atoms with Gasteiger partial charge in [-0.3, -0.25) is 9.88 Å². The average Bonchev–Trinajstić information content (AvgIpc) is 2.33. The van der Waals surface area contributed by atoms with Gasteiger partial charge in [-0.05, 0) is 28.1 Å². The number of piperazine rings is 1. The van der Waals surface area contributed by atoms with E-state index in [1.807, 2.05) is 0 Å². The minimum absolute atomic E-state index is 0.435. The number of nitrogens with one attached hydrogen (secondary N) is 1. The minimum atomic E-state index is -2.42. The number of nitrogens with zero attached hydrogens (tertiary/aromatic N) is 2. The smallest absolute Gasteiger partial charge is 0.259 e. The van der Waals surface area contributed by atoms with Crippen molar-refractivity contribution in [2.75, 3.05) is 26.2 Å². The first-order valence-corrected chi connectivity index (χ1v) is 6.32. The molecule has 0 bridgehead atoms. The molecule has 1 aromatic rings. The summed E-state index contributed by atoms with van der Waals surface area (Å²) < 4.78 is 27.1. The number of aromatic nitrogens is 1. The van der Waals surface area contributed by atoms with E-state index < -0.39 is 12.5 Å². The zero-order valence-electron chi connectivity index (χ0n) is 9.24. The van der Waals surface area contributed by atoms with E-state index in [1.54, 1.807) is 23.2 Å². The zero-order valence-corrected chi connectivity index (χ0v) is 10.8. The van der Waals surface area contributed by atoms with Crippen LogP contribution in [-0.4, -0.2) is 42.5 Å². The molecule has 94 valence electrons. The van der Waals surface area contributed by atoms with Crippen molar-refractivity contribution < 1.29 is 8.78 Å². The maximum absolute atomic E-state index is 13.2. The molecule has 0 aliphatic carbocycles. The third-order valence-electron chi connectivity index (χ3n) is 2.84. The van der Waals surface area contributed by atoms with E-state index in [0.717, 1.165) is 17.6 Å². The molecule has 17 heavy (non-hydrogen) atoms.